The van der Waals surface area contributed by atoms with E-state index in [0.29, 0.717) is 17.9 Å². The highest BCUT2D eigenvalue weighted by molar-refractivity contribution is 5.96. The number of hydrogen-bond acceptors (Lipinski definition) is 8. The molecule has 10 nitrogen and oxygen atoms in total. The molecule has 1 aromatic carbocycles. The molecule has 3 N–H and O–H groups in total. The molecular formula is C21H23N5O5. The van der Waals surface area contributed by atoms with E-state index in [2.05, 4.69) is 26.2 Å². The van der Waals surface area contributed by atoms with Crippen molar-refractivity contribution in [1.82, 2.24) is 15.2 Å². The van der Waals surface area contributed by atoms with Crippen LogP contribution in [0.25, 0.3) is 0 Å². The van der Waals surface area contributed by atoms with Crippen LogP contribution in [0.15, 0.2) is 36.5 Å². The SMILES string of the molecule is N#Cc1ccc(OCCN2CCN(c3cnc(C(=O)NCC(=O)O)c(O)c3)CC2)cc1. The largest absolute Gasteiger partial charge is 0.505 e. The Balaban J connectivity index is 1.45. The van der Waals surface area contributed by atoms with Crippen molar-refractivity contribution < 1.29 is 24.5 Å². The quantitative estimate of drug-likeness (QED) is 0.557. The number of pyridine rings is 1. The third-order valence-corrected chi connectivity index (χ3v) is 4.87. The first-order valence-corrected chi connectivity index (χ1v) is 9.75. The minimum atomic E-state index is -1.18. The van der Waals surface area contributed by atoms with Crippen LogP contribution in [0.1, 0.15) is 16.1 Å². The average molecular weight is 425 g/mol. The van der Waals surface area contributed by atoms with E-state index < -0.39 is 18.4 Å². The van der Waals surface area contributed by atoms with Gasteiger partial charge in [0.25, 0.3) is 5.91 Å². The minimum Gasteiger partial charge on any atom is -0.505 e. The van der Waals surface area contributed by atoms with Gasteiger partial charge in [-0.3, -0.25) is 14.5 Å². The van der Waals surface area contributed by atoms with E-state index in [1.165, 1.54) is 12.3 Å². The second-order valence-corrected chi connectivity index (χ2v) is 6.95. The number of nitriles is 1. The normalized spacial score (nSPS) is 14.0. The Morgan fingerprint density at radius 2 is 1.90 bits per heavy atom. The van der Waals surface area contributed by atoms with Crippen LogP contribution in [0.2, 0.25) is 0 Å². The van der Waals surface area contributed by atoms with E-state index in [4.69, 9.17) is 15.1 Å². The Kier molecular flexibility index (Phi) is 7.24. The molecule has 0 spiro atoms. The zero-order valence-electron chi connectivity index (χ0n) is 16.8. The Morgan fingerprint density at radius 3 is 2.52 bits per heavy atom. The number of carboxylic acids is 1. The van der Waals surface area contributed by atoms with Crippen molar-refractivity contribution in [3.05, 3.63) is 47.8 Å². The molecule has 3 rings (SSSR count). The molecule has 0 radical (unpaired) electrons. The molecule has 0 aliphatic carbocycles. The van der Waals surface area contributed by atoms with Crippen molar-refractivity contribution in [3.63, 3.8) is 0 Å². The lowest BCUT2D eigenvalue weighted by molar-refractivity contribution is -0.135. The van der Waals surface area contributed by atoms with Crippen molar-refractivity contribution in [3.8, 4) is 17.6 Å². The van der Waals surface area contributed by atoms with Gasteiger partial charge in [0.2, 0.25) is 0 Å². The monoisotopic (exact) mass is 425 g/mol. The molecule has 1 aromatic heterocycles. The fourth-order valence-electron chi connectivity index (χ4n) is 3.18. The van der Waals surface area contributed by atoms with Gasteiger partial charge in [-0.25, -0.2) is 4.98 Å². The number of ether oxygens (including phenoxy) is 1. The molecule has 0 unspecified atom stereocenters. The van der Waals surface area contributed by atoms with Crippen molar-refractivity contribution in [2.75, 3.05) is 50.8 Å². The Bertz CT molecular complexity index is 965. The molecule has 162 valence electrons. The number of amides is 1. The molecule has 0 atom stereocenters. The van der Waals surface area contributed by atoms with Crippen molar-refractivity contribution in [1.29, 1.82) is 5.26 Å². The fourth-order valence-corrected chi connectivity index (χ4v) is 3.18. The highest BCUT2D eigenvalue weighted by Gasteiger charge is 2.20. The summed E-state index contributed by atoms with van der Waals surface area (Å²) < 4.78 is 5.72. The Labute approximate surface area is 179 Å². The van der Waals surface area contributed by atoms with Crippen LogP contribution in [0, 0.1) is 11.3 Å². The molecule has 1 aliphatic rings. The van der Waals surface area contributed by atoms with Gasteiger partial charge >= 0.3 is 5.97 Å². The number of piperazine rings is 1. The smallest absolute Gasteiger partial charge is 0.322 e. The van der Waals surface area contributed by atoms with Crippen molar-refractivity contribution in [2.24, 2.45) is 0 Å². The number of anilines is 1. The number of carbonyl (C=O) groups is 2. The first-order chi connectivity index (χ1) is 15.0. The third kappa shape index (κ3) is 6.07. The number of aromatic nitrogens is 1. The predicted molar refractivity (Wildman–Crippen MR) is 111 cm³/mol. The third-order valence-electron chi connectivity index (χ3n) is 4.87. The maximum atomic E-state index is 11.9. The molecule has 1 fully saturated rings. The van der Waals surface area contributed by atoms with Crippen molar-refractivity contribution in [2.45, 2.75) is 0 Å². The summed E-state index contributed by atoms with van der Waals surface area (Å²) >= 11 is 0. The van der Waals surface area contributed by atoms with Crippen LogP contribution >= 0.6 is 0 Å². The number of nitrogens with one attached hydrogen (secondary N) is 1. The van der Waals surface area contributed by atoms with Gasteiger partial charge in [0.05, 0.1) is 23.5 Å². The van der Waals surface area contributed by atoms with Crippen LogP contribution in [0.4, 0.5) is 5.69 Å². The summed E-state index contributed by atoms with van der Waals surface area (Å²) in [6, 6.07) is 10.5. The van der Waals surface area contributed by atoms with E-state index in [-0.39, 0.29) is 11.4 Å². The van der Waals surface area contributed by atoms with Crippen LogP contribution in [-0.4, -0.2) is 77.8 Å². The van der Waals surface area contributed by atoms with E-state index in [1.807, 2.05) is 0 Å². The second-order valence-electron chi connectivity index (χ2n) is 6.95. The number of hydrogen-bond donors (Lipinski definition) is 3. The topological polar surface area (TPSA) is 139 Å². The van der Waals surface area contributed by atoms with Crippen LogP contribution in [0.3, 0.4) is 0 Å². The molecule has 10 heteroatoms. The maximum Gasteiger partial charge on any atom is 0.322 e. The summed E-state index contributed by atoms with van der Waals surface area (Å²) in [4.78, 5) is 30.8. The molecule has 0 bridgehead atoms. The summed E-state index contributed by atoms with van der Waals surface area (Å²) in [5.41, 5.74) is 1.09. The van der Waals surface area contributed by atoms with E-state index >= 15 is 0 Å². The molecular weight excluding hydrogens is 402 g/mol. The summed E-state index contributed by atoms with van der Waals surface area (Å²) in [5, 5.41) is 29.7. The summed E-state index contributed by atoms with van der Waals surface area (Å²) in [5.74, 6) is -1.48. The van der Waals surface area contributed by atoms with Gasteiger partial charge in [-0.05, 0) is 24.3 Å². The summed E-state index contributed by atoms with van der Waals surface area (Å²) in [7, 11) is 0. The lowest BCUT2D eigenvalue weighted by Gasteiger charge is -2.35. The standard InChI is InChI=1S/C21H23N5O5/c22-12-15-1-3-17(4-2-15)31-10-9-25-5-7-26(8-6-25)16-11-18(27)20(23-13-16)21(30)24-14-19(28)29/h1-4,11,13,27H,5-10,14H2,(H,24,30)(H,28,29). The Morgan fingerprint density at radius 1 is 1.19 bits per heavy atom. The molecule has 1 amide bonds. The lowest BCUT2D eigenvalue weighted by Crippen LogP contribution is -2.47. The minimum absolute atomic E-state index is 0.205. The van der Waals surface area contributed by atoms with E-state index in [0.717, 1.165) is 38.5 Å². The average Bonchev–Trinajstić information content (AvgIpc) is 2.78. The van der Waals surface area contributed by atoms with Gasteiger partial charge in [0.1, 0.15) is 24.7 Å². The van der Waals surface area contributed by atoms with Crippen molar-refractivity contribution >= 4 is 17.6 Å². The summed E-state index contributed by atoms with van der Waals surface area (Å²) in [6.45, 7) is 3.81. The number of nitrogens with zero attached hydrogens (tertiary/aromatic N) is 4. The second kappa shape index (κ2) is 10.3. The van der Waals surface area contributed by atoms with Crippen LogP contribution in [-0.2, 0) is 4.79 Å². The van der Waals surface area contributed by atoms with Gasteiger partial charge in [-0.15, -0.1) is 0 Å². The van der Waals surface area contributed by atoms with Crippen LogP contribution < -0.4 is 15.0 Å². The zero-order chi connectivity index (χ0) is 22.2. The van der Waals surface area contributed by atoms with Gasteiger partial charge in [-0.1, -0.05) is 0 Å². The molecule has 2 heterocycles. The predicted octanol–water partition coefficient (Wildman–Crippen LogP) is 0.674. The fraction of sp³-hybridized carbons (Fsp3) is 0.333. The lowest BCUT2D eigenvalue weighted by atomic mass is 10.2. The number of benzene rings is 1. The Hall–Kier alpha value is -3.84. The summed E-state index contributed by atoms with van der Waals surface area (Å²) in [6.07, 6.45) is 1.50. The highest BCUT2D eigenvalue weighted by atomic mass is 16.5. The molecule has 0 saturated carbocycles. The first-order valence-electron chi connectivity index (χ1n) is 9.75. The number of aromatic hydroxyl groups is 1. The molecule has 1 aliphatic heterocycles. The zero-order valence-corrected chi connectivity index (χ0v) is 16.8. The molecule has 31 heavy (non-hydrogen) atoms. The van der Waals surface area contributed by atoms with Crippen LogP contribution in [0.5, 0.6) is 11.5 Å². The van der Waals surface area contributed by atoms with E-state index in [9.17, 15) is 14.7 Å². The first kappa shape index (κ1) is 21.9. The van der Waals surface area contributed by atoms with Gasteiger partial charge < -0.3 is 25.2 Å². The molecule has 1 saturated heterocycles. The van der Waals surface area contributed by atoms with Gasteiger partial charge in [0, 0.05) is 38.8 Å². The highest BCUT2D eigenvalue weighted by Crippen LogP contribution is 2.23. The number of rotatable bonds is 8. The van der Waals surface area contributed by atoms with E-state index in [1.54, 1.807) is 24.3 Å². The van der Waals surface area contributed by atoms with Gasteiger partial charge in [-0.2, -0.15) is 5.26 Å². The number of carboxylic acid groups (broad SMARTS) is 1. The molecule has 2 aromatic rings. The number of carbonyl (C=O) groups excluding carboxylic acids is 1. The number of aliphatic carboxylic acids is 1. The maximum absolute atomic E-state index is 11.9. The van der Waals surface area contributed by atoms with Gasteiger partial charge in [0.15, 0.2) is 5.69 Å².